The van der Waals surface area contributed by atoms with Crippen LogP contribution in [0.2, 0.25) is 19.6 Å². The number of carbonyl (C=O) groups is 1. The zero-order chi connectivity index (χ0) is 16.6. The first-order valence-electron chi connectivity index (χ1n) is 7.49. The predicted octanol–water partition coefficient (Wildman–Crippen LogP) is 4.29. The molecule has 0 saturated heterocycles. The minimum atomic E-state index is -1.78. The molecule has 0 aliphatic rings. The van der Waals surface area contributed by atoms with E-state index in [-0.39, 0.29) is 12.1 Å². The average Bonchev–Trinajstić information content (AvgIpc) is 2.46. The SMILES string of the molecule is C/C=C/[C@@H](O[Si](C)(C)C)[C@H](/C=C/c1ccccc1)C(=O)OC. The second-order valence-corrected chi connectivity index (χ2v) is 10.5. The van der Waals surface area contributed by atoms with Crippen molar-refractivity contribution >= 4 is 20.4 Å². The van der Waals surface area contributed by atoms with Crippen LogP contribution in [0.15, 0.2) is 48.6 Å². The molecule has 0 spiro atoms. The lowest BCUT2D eigenvalue weighted by molar-refractivity contribution is -0.145. The van der Waals surface area contributed by atoms with Gasteiger partial charge in [-0.1, -0.05) is 54.6 Å². The molecule has 0 bridgehead atoms. The van der Waals surface area contributed by atoms with E-state index in [0.717, 1.165) is 5.56 Å². The molecule has 1 aromatic carbocycles. The average molecular weight is 318 g/mol. The van der Waals surface area contributed by atoms with E-state index in [9.17, 15) is 4.79 Å². The summed E-state index contributed by atoms with van der Waals surface area (Å²) in [6.07, 6.45) is 7.34. The summed E-state index contributed by atoms with van der Waals surface area (Å²) in [5, 5.41) is 0. The molecule has 0 aliphatic heterocycles. The van der Waals surface area contributed by atoms with Gasteiger partial charge in [0.25, 0.3) is 0 Å². The zero-order valence-corrected chi connectivity index (χ0v) is 15.1. The summed E-state index contributed by atoms with van der Waals surface area (Å²) in [7, 11) is -0.371. The molecule has 22 heavy (non-hydrogen) atoms. The molecule has 2 atom stereocenters. The van der Waals surface area contributed by atoms with Crippen molar-refractivity contribution in [3.63, 3.8) is 0 Å². The maximum atomic E-state index is 12.2. The zero-order valence-electron chi connectivity index (χ0n) is 14.1. The van der Waals surface area contributed by atoms with Crippen LogP contribution in [0.5, 0.6) is 0 Å². The summed E-state index contributed by atoms with van der Waals surface area (Å²) < 4.78 is 11.1. The Bertz CT molecular complexity index is 515. The van der Waals surface area contributed by atoms with Gasteiger partial charge in [-0.3, -0.25) is 4.79 Å². The first-order valence-corrected chi connectivity index (χ1v) is 10.9. The molecular formula is C18H26O3Si. The molecule has 0 radical (unpaired) electrons. The summed E-state index contributed by atoms with van der Waals surface area (Å²) in [4.78, 5) is 12.2. The number of benzene rings is 1. The quantitative estimate of drug-likeness (QED) is 0.427. The van der Waals surface area contributed by atoms with E-state index in [1.165, 1.54) is 7.11 Å². The van der Waals surface area contributed by atoms with Crippen molar-refractivity contribution in [1.29, 1.82) is 0 Å². The minimum Gasteiger partial charge on any atom is -0.468 e. The second-order valence-electron chi connectivity index (χ2n) is 6.04. The highest BCUT2D eigenvalue weighted by Gasteiger charge is 2.30. The fraction of sp³-hybridized carbons (Fsp3) is 0.389. The molecule has 1 aromatic rings. The Balaban J connectivity index is 3.03. The number of hydrogen-bond donors (Lipinski definition) is 0. The molecule has 0 aromatic heterocycles. The van der Waals surface area contributed by atoms with Gasteiger partial charge < -0.3 is 9.16 Å². The lowest BCUT2D eigenvalue weighted by Gasteiger charge is -2.28. The highest BCUT2D eigenvalue weighted by atomic mass is 28.4. The van der Waals surface area contributed by atoms with Crippen molar-refractivity contribution in [2.45, 2.75) is 32.7 Å². The van der Waals surface area contributed by atoms with Crippen LogP contribution in [0.25, 0.3) is 6.08 Å². The van der Waals surface area contributed by atoms with Crippen molar-refractivity contribution in [3.05, 3.63) is 54.1 Å². The van der Waals surface area contributed by atoms with Crippen LogP contribution in [-0.2, 0) is 14.0 Å². The van der Waals surface area contributed by atoms with Crippen LogP contribution in [0.4, 0.5) is 0 Å². The van der Waals surface area contributed by atoms with Gasteiger partial charge in [0.2, 0.25) is 0 Å². The number of methoxy groups -OCH3 is 1. The molecule has 0 fully saturated rings. The predicted molar refractivity (Wildman–Crippen MR) is 94.0 cm³/mol. The number of hydrogen-bond acceptors (Lipinski definition) is 3. The van der Waals surface area contributed by atoms with E-state index >= 15 is 0 Å². The summed E-state index contributed by atoms with van der Waals surface area (Å²) >= 11 is 0. The molecule has 0 saturated carbocycles. The van der Waals surface area contributed by atoms with Gasteiger partial charge in [-0.05, 0) is 32.1 Å². The van der Waals surface area contributed by atoms with Crippen molar-refractivity contribution in [1.82, 2.24) is 0 Å². The number of esters is 1. The lowest BCUT2D eigenvalue weighted by Crippen LogP contribution is -2.38. The van der Waals surface area contributed by atoms with Crippen LogP contribution in [0.3, 0.4) is 0 Å². The van der Waals surface area contributed by atoms with Gasteiger partial charge in [0.1, 0.15) is 5.92 Å². The number of ether oxygens (including phenoxy) is 1. The molecular weight excluding hydrogens is 292 g/mol. The van der Waals surface area contributed by atoms with Crippen LogP contribution < -0.4 is 0 Å². The van der Waals surface area contributed by atoms with Gasteiger partial charge in [0.05, 0.1) is 13.2 Å². The topological polar surface area (TPSA) is 35.5 Å². The van der Waals surface area contributed by atoms with Crippen molar-refractivity contribution in [2.75, 3.05) is 7.11 Å². The van der Waals surface area contributed by atoms with E-state index in [0.29, 0.717) is 0 Å². The van der Waals surface area contributed by atoms with Crippen molar-refractivity contribution in [2.24, 2.45) is 5.92 Å². The van der Waals surface area contributed by atoms with Crippen LogP contribution in [-0.4, -0.2) is 27.5 Å². The summed E-state index contributed by atoms with van der Waals surface area (Å²) in [5.74, 6) is -0.735. The molecule has 0 aliphatic carbocycles. The molecule has 0 unspecified atom stereocenters. The van der Waals surface area contributed by atoms with Crippen LogP contribution in [0.1, 0.15) is 12.5 Å². The Hall–Kier alpha value is -1.65. The normalized spacial score (nSPS) is 15.1. The van der Waals surface area contributed by atoms with Gasteiger partial charge in [-0.25, -0.2) is 0 Å². The monoisotopic (exact) mass is 318 g/mol. The van der Waals surface area contributed by atoms with E-state index in [4.69, 9.17) is 9.16 Å². The molecule has 3 nitrogen and oxygen atoms in total. The Morgan fingerprint density at radius 3 is 2.27 bits per heavy atom. The van der Waals surface area contributed by atoms with Gasteiger partial charge in [-0.15, -0.1) is 0 Å². The molecule has 0 N–H and O–H groups in total. The first-order chi connectivity index (χ1) is 10.4. The minimum absolute atomic E-state index is 0.284. The summed E-state index contributed by atoms with van der Waals surface area (Å²) in [6.45, 7) is 8.26. The molecule has 120 valence electrons. The van der Waals surface area contributed by atoms with E-state index in [1.807, 2.05) is 61.6 Å². The van der Waals surface area contributed by atoms with Gasteiger partial charge >= 0.3 is 5.97 Å². The lowest BCUT2D eigenvalue weighted by atomic mass is 10.0. The highest BCUT2D eigenvalue weighted by Crippen LogP contribution is 2.20. The molecule has 1 rings (SSSR count). The Labute approximate surface area is 134 Å². The summed E-state index contributed by atoms with van der Waals surface area (Å²) in [5.41, 5.74) is 1.05. The largest absolute Gasteiger partial charge is 0.468 e. The third-order valence-corrected chi connectivity index (χ3v) is 3.97. The van der Waals surface area contributed by atoms with Gasteiger partial charge in [-0.2, -0.15) is 0 Å². The Kier molecular flexibility index (Phi) is 7.28. The summed E-state index contributed by atoms with van der Waals surface area (Å²) in [6, 6.07) is 9.89. The third kappa shape index (κ3) is 6.41. The fourth-order valence-electron chi connectivity index (χ4n) is 2.07. The maximum Gasteiger partial charge on any atom is 0.315 e. The number of carbonyl (C=O) groups excluding carboxylic acids is 1. The third-order valence-electron chi connectivity index (χ3n) is 2.99. The van der Waals surface area contributed by atoms with E-state index < -0.39 is 14.2 Å². The van der Waals surface area contributed by atoms with Crippen molar-refractivity contribution in [3.8, 4) is 0 Å². The van der Waals surface area contributed by atoms with Crippen LogP contribution in [0, 0.1) is 5.92 Å². The number of allylic oxidation sites excluding steroid dienone is 1. The Morgan fingerprint density at radius 2 is 1.77 bits per heavy atom. The smallest absolute Gasteiger partial charge is 0.315 e. The standard InChI is InChI=1S/C18H26O3Si/c1-6-10-17(21-22(3,4)5)16(18(19)20-2)14-13-15-11-8-7-9-12-15/h6-14,16-17H,1-5H3/b10-6+,14-13+/t16-,17+/m0/s1. The van der Waals surface area contributed by atoms with Gasteiger partial charge in [0, 0.05) is 0 Å². The molecule has 4 heteroatoms. The van der Waals surface area contributed by atoms with E-state index in [1.54, 1.807) is 0 Å². The molecule has 0 amide bonds. The Morgan fingerprint density at radius 1 is 1.14 bits per heavy atom. The number of rotatable bonds is 7. The van der Waals surface area contributed by atoms with Crippen molar-refractivity contribution < 1.29 is 14.0 Å². The van der Waals surface area contributed by atoms with E-state index in [2.05, 4.69) is 19.6 Å². The molecule has 0 heterocycles. The van der Waals surface area contributed by atoms with Crippen LogP contribution >= 0.6 is 0 Å². The van der Waals surface area contributed by atoms with Gasteiger partial charge in [0.15, 0.2) is 8.32 Å². The maximum absolute atomic E-state index is 12.2. The highest BCUT2D eigenvalue weighted by molar-refractivity contribution is 6.69. The first kappa shape index (κ1) is 18.4. The fourth-order valence-corrected chi connectivity index (χ4v) is 3.11. The second kappa shape index (κ2) is 8.71.